The molecule has 7 rings (SSSR count). The number of hydrogen-bond donors (Lipinski definition) is 1. The molecule has 1 unspecified atom stereocenters. The second-order valence-corrected chi connectivity index (χ2v) is 25.0. The van der Waals surface area contributed by atoms with E-state index in [0.29, 0.717) is 62.4 Å². The van der Waals surface area contributed by atoms with E-state index < -0.39 is 23.2 Å². The van der Waals surface area contributed by atoms with Crippen LogP contribution in [0.4, 0.5) is 10.0 Å². The monoisotopic (exact) mass is 989 g/mol. The number of anilines is 2. The smallest absolute Gasteiger partial charge is 0.213 e. The highest BCUT2D eigenvalue weighted by Gasteiger charge is 2.44. The molecule has 70 heavy (non-hydrogen) atoms. The third-order valence-electron chi connectivity index (χ3n) is 12.7. The fourth-order valence-corrected chi connectivity index (χ4v) is 10.3. The maximum Gasteiger partial charge on any atom is 0.213 e. The third-order valence-corrected chi connectivity index (χ3v) is 15.2. The van der Waals surface area contributed by atoms with Crippen LogP contribution in [0.1, 0.15) is 144 Å². The van der Waals surface area contributed by atoms with Gasteiger partial charge in [0.25, 0.3) is 0 Å². The number of aromatic nitrogens is 6. The number of benzene rings is 2. The molecule has 4 aromatic heterocycles. The molecule has 0 spiro atoms. The van der Waals surface area contributed by atoms with Gasteiger partial charge in [0, 0.05) is 36.9 Å². The summed E-state index contributed by atoms with van der Waals surface area (Å²) < 4.78 is 15.7. The minimum absolute atomic E-state index is 0.0304. The largest absolute Gasteiger partial charge is 0.504 e. The number of carbonyl (C=O) groups is 2. The van der Waals surface area contributed by atoms with E-state index in [0.717, 1.165) is 21.4 Å². The number of allylic oxidation sites excluding steroid dienone is 2. The van der Waals surface area contributed by atoms with Gasteiger partial charge in [-0.3, -0.25) is 9.59 Å². The third kappa shape index (κ3) is 12.7. The Morgan fingerprint density at radius 3 is 1.43 bits per heavy atom. The van der Waals surface area contributed by atoms with Crippen molar-refractivity contribution in [2.75, 3.05) is 50.2 Å². The van der Waals surface area contributed by atoms with Crippen LogP contribution in [0.2, 0.25) is 0 Å². The van der Waals surface area contributed by atoms with Crippen molar-refractivity contribution in [3.05, 3.63) is 133 Å². The molecule has 1 atom stereocenters. The zero-order valence-electron chi connectivity index (χ0n) is 43.6. The summed E-state index contributed by atoms with van der Waals surface area (Å²) in [5.74, 6) is -2.54. The molecule has 0 fully saturated rings. The summed E-state index contributed by atoms with van der Waals surface area (Å²) >= 11 is 2.73. The fourth-order valence-electron chi connectivity index (χ4n) is 8.12. The summed E-state index contributed by atoms with van der Waals surface area (Å²) in [7, 11) is 3.89. The lowest BCUT2D eigenvalue weighted by molar-refractivity contribution is -0.123. The topological polar surface area (TPSA) is 141 Å². The molecule has 4 heterocycles. The van der Waals surface area contributed by atoms with Crippen molar-refractivity contribution in [3.63, 3.8) is 0 Å². The molecule has 0 saturated heterocycles. The van der Waals surface area contributed by atoms with Gasteiger partial charge in [0.1, 0.15) is 17.3 Å². The number of aliphatic hydroxyl groups is 1. The molecule has 0 bridgehead atoms. The van der Waals surface area contributed by atoms with Crippen LogP contribution in [0.5, 0.6) is 0 Å². The van der Waals surface area contributed by atoms with Crippen LogP contribution in [0.25, 0.3) is 5.57 Å². The van der Waals surface area contributed by atoms with E-state index >= 15 is 0 Å². The zero-order valence-corrected chi connectivity index (χ0v) is 45.3. The van der Waals surface area contributed by atoms with Crippen molar-refractivity contribution in [2.45, 2.75) is 137 Å². The van der Waals surface area contributed by atoms with Crippen molar-refractivity contribution in [1.29, 1.82) is 0 Å². The average Bonchev–Trinajstić information content (AvgIpc) is 4.13. The highest BCUT2D eigenvalue weighted by molar-refractivity contribution is 7.18. The van der Waals surface area contributed by atoms with Gasteiger partial charge in [0.2, 0.25) is 5.78 Å². The van der Waals surface area contributed by atoms with E-state index in [1.807, 2.05) is 57.8 Å². The molecule has 2 aromatic carbocycles. The minimum Gasteiger partial charge on any atom is -0.504 e. The summed E-state index contributed by atoms with van der Waals surface area (Å²) in [4.78, 5) is 32.5. The summed E-state index contributed by atoms with van der Waals surface area (Å²) in [5, 5.41) is 30.3. The van der Waals surface area contributed by atoms with Crippen LogP contribution in [-0.2, 0) is 67.0 Å². The van der Waals surface area contributed by atoms with Gasteiger partial charge in [0.15, 0.2) is 11.5 Å². The first kappa shape index (κ1) is 52.3. The number of rotatable bonds is 18. The van der Waals surface area contributed by atoms with Gasteiger partial charge in [-0.1, -0.05) is 130 Å². The van der Waals surface area contributed by atoms with Crippen LogP contribution in [0, 0.1) is 0 Å². The average molecular weight is 989 g/mol. The Hall–Kier alpha value is -5.48. The van der Waals surface area contributed by atoms with Crippen LogP contribution in [0.15, 0.2) is 78.8 Å². The van der Waals surface area contributed by atoms with Crippen molar-refractivity contribution >= 4 is 49.8 Å². The Labute approximate surface area is 422 Å². The number of carbonyl (C=O) groups excluding carboxylic acids is 2. The molecule has 0 saturated carbocycles. The number of thiophene rings is 2. The second kappa shape index (κ2) is 20.7. The lowest BCUT2D eigenvalue weighted by Crippen LogP contribution is -2.21. The van der Waals surface area contributed by atoms with E-state index in [1.54, 1.807) is 12.1 Å². The van der Waals surface area contributed by atoms with Gasteiger partial charge in [0.05, 0.1) is 67.5 Å². The summed E-state index contributed by atoms with van der Waals surface area (Å²) in [6.07, 6.45) is 3.86. The number of ketones is 2. The van der Waals surface area contributed by atoms with E-state index in [-0.39, 0.29) is 27.2 Å². The van der Waals surface area contributed by atoms with Crippen LogP contribution in [0.3, 0.4) is 0 Å². The van der Waals surface area contributed by atoms with Crippen molar-refractivity contribution < 1.29 is 24.2 Å². The molecule has 1 N–H and O–H groups in total. The Morgan fingerprint density at radius 2 is 1.00 bits per heavy atom. The molecular weight excluding hydrogens is 917 g/mol. The van der Waals surface area contributed by atoms with Gasteiger partial charge in [-0.2, -0.15) is 0 Å². The van der Waals surface area contributed by atoms with Crippen molar-refractivity contribution in [2.24, 2.45) is 0 Å². The Bertz CT molecular complexity index is 2780. The van der Waals surface area contributed by atoms with Gasteiger partial charge in [-0.15, -0.1) is 32.9 Å². The van der Waals surface area contributed by atoms with Crippen LogP contribution >= 0.6 is 22.7 Å². The Morgan fingerprint density at radius 1 is 0.586 bits per heavy atom. The highest BCUT2D eigenvalue weighted by atomic mass is 32.1. The molecule has 0 radical (unpaired) electrons. The molecule has 1 aliphatic carbocycles. The normalized spacial score (nSPS) is 14.9. The van der Waals surface area contributed by atoms with Gasteiger partial charge < -0.3 is 24.4 Å². The predicted octanol–water partition coefficient (Wildman–Crippen LogP) is 10.8. The lowest BCUT2D eigenvalue weighted by Gasteiger charge is -2.26. The molecule has 6 aromatic rings. The lowest BCUT2D eigenvalue weighted by atomic mass is 9.79. The SMILES string of the molecule is CN(CCOCc1cn(Cc2cc(C(C)(C)C)cc(C(C)(C)C)c2)nn1)c1ccc(C2=C(O)C(=O)C(c3ccc(N(C)CCOCc4cn(Cc5cc(C(C)(C)C)cc(C(C)(C)C)c5)nn4)s3)C2=O)s1. The standard InChI is InChI=1S/C55H72N8O5S2/c1-52(2,3)37-23-35(24-38(27-37)53(4,5)6)29-62-31-41(56-58-62)33-67-21-19-60(13)45-17-15-43(69-45)47-49(64)48(51(66)50(47)65)44-16-18-46(70-44)61(14)20-22-68-34-42-32-63(59-57-42)30-36-25-39(54(7,8)9)28-40(26-36)55(10,11)12/h15-18,23-28,31-32,47,66H,19-22,29-30,33-34H2,1-14H3. The maximum absolute atomic E-state index is 13.9. The summed E-state index contributed by atoms with van der Waals surface area (Å²) in [6.45, 7) is 30.8. The molecule has 13 nitrogen and oxygen atoms in total. The van der Waals surface area contributed by atoms with E-state index in [2.05, 4.69) is 140 Å². The fraction of sp³-hybridized carbons (Fsp3) is 0.491. The van der Waals surface area contributed by atoms with Crippen LogP contribution < -0.4 is 9.80 Å². The Kier molecular flexibility index (Phi) is 15.5. The first-order valence-corrected chi connectivity index (χ1v) is 25.7. The predicted molar refractivity (Wildman–Crippen MR) is 283 cm³/mol. The molecule has 0 aliphatic heterocycles. The van der Waals surface area contributed by atoms with Gasteiger partial charge >= 0.3 is 0 Å². The Balaban J connectivity index is 0.865. The van der Waals surface area contributed by atoms with Crippen molar-refractivity contribution in [3.8, 4) is 0 Å². The number of hydrogen-bond acceptors (Lipinski definition) is 13. The van der Waals surface area contributed by atoms with Crippen LogP contribution in [-0.4, -0.2) is 87.1 Å². The van der Waals surface area contributed by atoms with Crippen molar-refractivity contribution in [1.82, 2.24) is 30.0 Å². The minimum atomic E-state index is -1.08. The second-order valence-electron chi connectivity index (χ2n) is 22.8. The molecule has 1 aliphatic rings. The number of aliphatic hydroxyl groups excluding tert-OH is 1. The highest BCUT2D eigenvalue weighted by Crippen LogP contribution is 2.43. The number of Topliss-reactive ketones (excluding diaryl/α,β-unsaturated/α-hetero) is 2. The number of ether oxygens (including phenoxy) is 2. The first-order chi connectivity index (χ1) is 32.7. The zero-order chi connectivity index (χ0) is 50.9. The summed E-state index contributed by atoms with van der Waals surface area (Å²) in [6, 6.07) is 21.1. The van der Waals surface area contributed by atoms with Gasteiger partial charge in [-0.05, 0) is 79.3 Å². The molecule has 374 valence electrons. The quantitative estimate of drug-likeness (QED) is 0.0650. The number of nitrogens with zero attached hydrogens (tertiary/aromatic N) is 8. The molecule has 15 heteroatoms. The number of likely N-dealkylation sites (N-methyl/N-ethyl adjacent to an activating group) is 2. The van der Waals surface area contributed by atoms with E-state index in [9.17, 15) is 14.7 Å². The van der Waals surface area contributed by atoms with Gasteiger partial charge in [-0.25, -0.2) is 9.36 Å². The molecule has 0 amide bonds. The van der Waals surface area contributed by atoms with E-state index in [4.69, 9.17) is 9.47 Å². The molecular formula is C55H72N8O5S2. The van der Waals surface area contributed by atoms with E-state index in [1.165, 1.54) is 56.1 Å². The first-order valence-electron chi connectivity index (χ1n) is 24.1. The maximum atomic E-state index is 13.9. The summed E-state index contributed by atoms with van der Waals surface area (Å²) in [5.41, 5.74) is 9.28.